The quantitative estimate of drug-likeness (QED) is 0.815. The van der Waals surface area contributed by atoms with Crippen LogP contribution in [0, 0.1) is 12.3 Å². The maximum atomic E-state index is 12.3. The van der Waals surface area contributed by atoms with Crippen molar-refractivity contribution < 1.29 is 4.79 Å². The highest BCUT2D eigenvalue weighted by Gasteiger charge is 2.36. The van der Waals surface area contributed by atoms with Gasteiger partial charge in [0.25, 0.3) is 0 Å². The van der Waals surface area contributed by atoms with E-state index >= 15 is 0 Å². The molecule has 1 aromatic carbocycles. The normalized spacial score (nSPS) is 17.7. The minimum atomic E-state index is -0.223. The monoisotopic (exact) mass is 310 g/mol. The summed E-state index contributed by atoms with van der Waals surface area (Å²) < 4.78 is 0.879. The van der Waals surface area contributed by atoms with Crippen LogP contribution in [0.25, 0.3) is 0 Å². The van der Waals surface area contributed by atoms with Crippen molar-refractivity contribution in [1.82, 2.24) is 0 Å². The second-order valence-corrected chi connectivity index (χ2v) is 6.26. The molecule has 1 aliphatic carbocycles. The van der Waals surface area contributed by atoms with Gasteiger partial charge in [-0.25, -0.2) is 0 Å². The van der Waals surface area contributed by atoms with Crippen molar-refractivity contribution in [3.05, 3.63) is 22.2 Å². The molecular weight excluding hydrogens is 292 g/mol. The molecule has 98 valence electrons. The first-order valence-electron chi connectivity index (χ1n) is 6.29. The van der Waals surface area contributed by atoms with Gasteiger partial charge in [0.05, 0.1) is 5.69 Å². The summed E-state index contributed by atoms with van der Waals surface area (Å²) in [4.78, 5) is 12.3. The van der Waals surface area contributed by atoms with Crippen LogP contribution in [-0.2, 0) is 4.79 Å². The number of nitrogens with one attached hydrogen (secondary N) is 1. The Balaban J connectivity index is 2.19. The number of benzene rings is 1. The maximum absolute atomic E-state index is 12.3. The third-order valence-corrected chi connectivity index (χ3v) is 4.52. The van der Waals surface area contributed by atoms with Crippen molar-refractivity contribution in [1.29, 1.82) is 0 Å². The van der Waals surface area contributed by atoms with E-state index in [-0.39, 0.29) is 11.3 Å². The first-order valence-corrected chi connectivity index (χ1v) is 7.09. The van der Waals surface area contributed by atoms with Gasteiger partial charge in [-0.1, -0.05) is 19.8 Å². The van der Waals surface area contributed by atoms with E-state index in [1.54, 1.807) is 0 Å². The van der Waals surface area contributed by atoms with Crippen molar-refractivity contribution in [3.8, 4) is 0 Å². The number of carbonyl (C=O) groups excluding carboxylic acids is 1. The number of hydrogen-bond donors (Lipinski definition) is 2. The molecule has 3 N–H and O–H groups in total. The number of anilines is 2. The lowest BCUT2D eigenvalue weighted by molar-refractivity contribution is -0.124. The fourth-order valence-corrected chi connectivity index (χ4v) is 3.00. The largest absolute Gasteiger partial charge is 0.398 e. The number of nitrogens with two attached hydrogens (primary N) is 1. The Morgan fingerprint density at radius 1 is 1.39 bits per heavy atom. The lowest BCUT2D eigenvalue weighted by atomic mass is 9.88. The molecule has 0 radical (unpaired) electrons. The molecule has 0 aromatic heterocycles. The minimum absolute atomic E-state index is 0.101. The summed E-state index contributed by atoms with van der Waals surface area (Å²) in [5.74, 6) is 0.101. The summed E-state index contributed by atoms with van der Waals surface area (Å²) in [5.41, 5.74) is 8.12. The van der Waals surface area contributed by atoms with E-state index in [0.717, 1.165) is 41.4 Å². The smallest absolute Gasteiger partial charge is 0.230 e. The lowest BCUT2D eigenvalue weighted by Crippen LogP contribution is -2.31. The van der Waals surface area contributed by atoms with Crippen LogP contribution in [0.3, 0.4) is 0 Å². The third kappa shape index (κ3) is 2.53. The van der Waals surface area contributed by atoms with Crippen LogP contribution in [0.2, 0.25) is 0 Å². The van der Waals surface area contributed by atoms with E-state index in [1.165, 1.54) is 0 Å². The lowest BCUT2D eigenvalue weighted by Gasteiger charge is -2.23. The summed E-state index contributed by atoms with van der Waals surface area (Å²) in [6.07, 6.45) is 4.22. The van der Waals surface area contributed by atoms with Gasteiger partial charge in [-0.2, -0.15) is 0 Å². The zero-order valence-electron chi connectivity index (χ0n) is 10.8. The predicted molar refractivity (Wildman–Crippen MR) is 78.5 cm³/mol. The van der Waals surface area contributed by atoms with Crippen LogP contribution in [-0.4, -0.2) is 5.91 Å². The number of halogens is 1. The molecule has 4 heteroatoms. The second-order valence-electron chi connectivity index (χ2n) is 5.41. The average Bonchev–Trinajstić information content (AvgIpc) is 2.74. The van der Waals surface area contributed by atoms with Crippen LogP contribution < -0.4 is 11.1 Å². The number of hydrogen-bond acceptors (Lipinski definition) is 2. The molecule has 3 nitrogen and oxygen atoms in total. The predicted octanol–water partition coefficient (Wildman–Crippen LogP) is 3.86. The molecule has 1 aromatic rings. The topological polar surface area (TPSA) is 55.1 Å². The van der Waals surface area contributed by atoms with Crippen LogP contribution in [0.1, 0.15) is 38.2 Å². The number of aryl methyl sites for hydroxylation is 1. The third-order valence-electron chi connectivity index (χ3n) is 3.86. The average molecular weight is 311 g/mol. The van der Waals surface area contributed by atoms with Gasteiger partial charge in [-0.15, -0.1) is 0 Å². The molecule has 0 aliphatic heterocycles. The summed E-state index contributed by atoms with van der Waals surface area (Å²) >= 11 is 3.47. The molecule has 0 spiro atoms. The van der Waals surface area contributed by atoms with E-state index in [9.17, 15) is 4.79 Å². The van der Waals surface area contributed by atoms with Gasteiger partial charge >= 0.3 is 0 Å². The Kier molecular flexibility index (Phi) is 3.66. The van der Waals surface area contributed by atoms with Gasteiger partial charge in [-0.05, 0) is 53.4 Å². The molecule has 0 saturated heterocycles. The highest BCUT2D eigenvalue weighted by Crippen LogP contribution is 2.39. The minimum Gasteiger partial charge on any atom is -0.398 e. The number of rotatable bonds is 2. The van der Waals surface area contributed by atoms with Crippen LogP contribution in [0.15, 0.2) is 16.6 Å². The van der Waals surface area contributed by atoms with Crippen molar-refractivity contribution in [2.45, 2.75) is 39.5 Å². The molecular formula is C14H19BrN2O. The molecule has 0 atom stereocenters. The number of nitrogen functional groups attached to an aromatic ring is 1. The van der Waals surface area contributed by atoms with Gasteiger partial charge in [0, 0.05) is 15.6 Å². The van der Waals surface area contributed by atoms with Gasteiger partial charge in [0.2, 0.25) is 5.91 Å². The summed E-state index contributed by atoms with van der Waals surface area (Å²) in [6, 6.07) is 3.75. The molecule has 1 fully saturated rings. The van der Waals surface area contributed by atoms with Crippen LogP contribution >= 0.6 is 15.9 Å². The van der Waals surface area contributed by atoms with Crippen LogP contribution in [0.4, 0.5) is 11.4 Å². The van der Waals surface area contributed by atoms with E-state index in [4.69, 9.17) is 5.73 Å². The van der Waals surface area contributed by atoms with E-state index < -0.39 is 0 Å². The molecule has 1 aliphatic rings. The number of amides is 1. The van der Waals surface area contributed by atoms with E-state index in [0.29, 0.717) is 5.69 Å². The maximum Gasteiger partial charge on any atom is 0.230 e. The standard InChI is InChI=1S/C14H19BrN2O/c1-9-7-10(15)12(8-11(9)16)17-13(18)14(2)5-3-4-6-14/h7-8H,3-6,16H2,1-2H3,(H,17,18). The summed E-state index contributed by atoms with van der Waals surface area (Å²) in [7, 11) is 0. The fourth-order valence-electron chi connectivity index (χ4n) is 2.44. The highest BCUT2D eigenvalue weighted by molar-refractivity contribution is 9.10. The summed E-state index contributed by atoms with van der Waals surface area (Å²) in [6.45, 7) is 3.99. The van der Waals surface area contributed by atoms with E-state index in [1.807, 2.05) is 26.0 Å². The van der Waals surface area contributed by atoms with Gasteiger partial charge in [0.15, 0.2) is 0 Å². The molecule has 0 bridgehead atoms. The first-order chi connectivity index (χ1) is 8.42. The zero-order chi connectivity index (χ0) is 13.3. The van der Waals surface area contributed by atoms with E-state index in [2.05, 4.69) is 21.2 Å². The van der Waals surface area contributed by atoms with Crippen molar-refractivity contribution in [2.75, 3.05) is 11.1 Å². The van der Waals surface area contributed by atoms with Crippen LogP contribution in [0.5, 0.6) is 0 Å². The molecule has 18 heavy (non-hydrogen) atoms. The Labute approximate surface area is 116 Å². The number of carbonyl (C=O) groups is 1. The Hall–Kier alpha value is -1.03. The molecule has 0 unspecified atom stereocenters. The van der Waals surface area contributed by atoms with Gasteiger partial charge in [0.1, 0.15) is 0 Å². The SMILES string of the molecule is Cc1cc(Br)c(NC(=O)C2(C)CCCC2)cc1N. The Morgan fingerprint density at radius 3 is 2.61 bits per heavy atom. The Morgan fingerprint density at radius 2 is 2.00 bits per heavy atom. The zero-order valence-corrected chi connectivity index (χ0v) is 12.4. The van der Waals surface area contributed by atoms with Gasteiger partial charge in [-0.3, -0.25) is 4.79 Å². The van der Waals surface area contributed by atoms with Crippen molar-refractivity contribution in [3.63, 3.8) is 0 Å². The first kappa shape index (κ1) is 13.4. The molecule has 1 saturated carbocycles. The molecule has 2 rings (SSSR count). The van der Waals surface area contributed by atoms with Gasteiger partial charge < -0.3 is 11.1 Å². The highest BCUT2D eigenvalue weighted by atomic mass is 79.9. The fraction of sp³-hybridized carbons (Fsp3) is 0.500. The molecule has 0 heterocycles. The summed E-state index contributed by atoms with van der Waals surface area (Å²) in [5, 5.41) is 2.99. The van der Waals surface area contributed by atoms with Crippen molar-refractivity contribution >= 4 is 33.2 Å². The molecule has 1 amide bonds. The Bertz CT molecular complexity index is 479. The van der Waals surface area contributed by atoms with Crippen molar-refractivity contribution in [2.24, 2.45) is 5.41 Å². The second kappa shape index (κ2) is 4.92.